The molecule has 10 nitrogen and oxygen atoms in total. The Morgan fingerprint density at radius 2 is 1.92 bits per heavy atom. The van der Waals surface area contributed by atoms with Gasteiger partial charge in [-0.25, -0.2) is 4.98 Å². The number of carbonyl (C=O) groups is 1. The van der Waals surface area contributed by atoms with Gasteiger partial charge in [0.05, 0.1) is 48.2 Å². The van der Waals surface area contributed by atoms with Gasteiger partial charge in [-0.2, -0.15) is 13.2 Å². The first-order valence-corrected chi connectivity index (χ1v) is 16.3. The molecule has 3 aliphatic heterocycles. The normalized spacial score (nSPS) is 20.0. The second-order valence-electron chi connectivity index (χ2n) is 13.2. The number of benzene rings is 1. The van der Waals surface area contributed by atoms with Crippen molar-refractivity contribution in [2.24, 2.45) is 0 Å². The Morgan fingerprint density at radius 3 is 2.62 bits per heavy atom. The zero-order valence-corrected chi connectivity index (χ0v) is 27.0. The maximum Gasteiger partial charge on any atom is 0.416 e. The number of likely N-dealkylation sites (N-methyl/N-ethyl adjacent to an activating group) is 1. The van der Waals surface area contributed by atoms with Crippen molar-refractivity contribution < 1.29 is 32.5 Å². The van der Waals surface area contributed by atoms with Gasteiger partial charge in [-0.15, -0.1) is 0 Å². The summed E-state index contributed by atoms with van der Waals surface area (Å²) in [6.45, 7) is 6.42. The molecule has 2 saturated heterocycles. The fraction of sp³-hybridized carbons (Fsp3) is 0.457. The number of aliphatic hydroxyl groups is 1. The third kappa shape index (κ3) is 6.51. The Labute approximate surface area is 276 Å². The van der Waals surface area contributed by atoms with E-state index in [2.05, 4.69) is 14.9 Å². The number of hydrogen-bond donors (Lipinski definition) is 2. The van der Waals surface area contributed by atoms with Crippen LogP contribution in [0.25, 0.3) is 11.0 Å². The van der Waals surface area contributed by atoms with E-state index in [4.69, 9.17) is 14.5 Å². The van der Waals surface area contributed by atoms with Gasteiger partial charge in [-0.1, -0.05) is 19.1 Å². The lowest BCUT2D eigenvalue weighted by atomic mass is 9.92. The molecule has 254 valence electrons. The fourth-order valence-corrected chi connectivity index (χ4v) is 6.77. The van der Waals surface area contributed by atoms with E-state index in [-0.39, 0.29) is 50.1 Å². The third-order valence-corrected chi connectivity index (χ3v) is 9.74. The Kier molecular flexibility index (Phi) is 8.65. The van der Waals surface area contributed by atoms with Crippen LogP contribution in [-0.2, 0) is 40.8 Å². The number of ether oxygens (including phenoxy) is 2. The highest BCUT2D eigenvalue weighted by Crippen LogP contribution is 2.38. The first-order chi connectivity index (χ1) is 23.0. The number of pyridine rings is 2. The van der Waals surface area contributed by atoms with Crippen LogP contribution in [0.2, 0.25) is 0 Å². The molecule has 48 heavy (non-hydrogen) atoms. The molecular formula is C35H39F3N6O4. The number of fused-ring (bicyclic) bond motifs is 2. The maximum atomic E-state index is 14.2. The summed E-state index contributed by atoms with van der Waals surface area (Å²) in [7, 11) is 2.01. The molecule has 0 unspecified atom stereocenters. The van der Waals surface area contributed by atoms with Gasteiger partial charge in [0, 0.05) is 57.9 Å². The van der Waals surface area contributed by atoms with Crippen LogP contribution < -0.4 is 4.74 Å². The highest BCUT2D eigenvalue weighted by atomic mass is 19.4. The van der Waals surface area contributed by atoms with Crippen LogP contribution >= 0.6 is 0 Å². The van der Waals surface area contributed by atoms with E-state index in [9.17, 15) is 23.1 Å². The van der Waals surface area contributed by atoms with Crippen molar-refractivity contribution in [3.8, 4) is 11.5 Å². The van der Waals surface area contributed by atoms with Gasteiger partial charge in [0.1, 0.15) is 17.1 Å². The van der Waals surface area contributed by atoms with E-state index >= 15 is 0 Å². The zero-order chi connectivity index (χ0) is 33.6. The molecule has 0 radical (unpaired) electrons. The van der Waals surface area contributed by atoms with Crippen LogP contribution in [0.15, 0.2) is 48.8 Å². The number of aromatic nitrogens is 3. The first-order valence-electron chi connectivity index (χ1n) is 16.3. The molecule has 13 heteroatoms. The van der Waals surface area contributed by atoms with Gasteiger partial charge in [0.2, 0.25) is 5.91 Å². The molecule has 0 bridgehead atoms. The number of hydrogen-bond acceptors (Lipinski definition) is 8. The molecule has 4 aromatic rings. The van der Waals surface area contributed by atoms with Crippen LogP contribution in [-0.4, -0.2) is 93.7 Å². The quantitative estimate of drug-likeness (QED) is 0.277. The van der Waals surface area contributed by atoms with Crippen LogP contribution in [0.3, 0.4) is 0 Å². The Bertz CT molecular complexity index is 1820. The number of rotatable bonds is 8. The first kappa shape index (κ1) is 32.5. The monoisotopic (exact) mass is 664 g/mol. The van der Waals surface area contributed by atoms with Crippen LogP contribution in [0.4, 0.5) is 13.2 Å². The average Bonchev–Trinajstić information content (AvgIpc) is 3.50. The summed E-state index contributed by atoms with van der Waals surface area (Å²) in [6.07, 6.45) is -0.632. The number of alkyl halides is 3. The van der Waals surface area contributed by atoms with Gasteiger partial charge in [-0.3, -0.25) is 14.7 Å². The summed E-state index contributed by atoms with van der Waals surface area (Å²) in [5, 5.41) is 11.4. The molecular weight excluding hydrogens is 625 g/mol. The minimum Gasteiger partial charge on any atom is -0.455 e. The lowest BCUT2D eigenvalue weighted by molar-refractivity contribution is -0.186. The summed E-state index contributed by atoms with van der Waals surface area (Å²) in [4.78, 5) is 31.8. The summed E-state index contributed by atoms with van der Waals surface area (Å²) < 4.78 is 54.0. The van der Waals surface area contributed by atoms with E-state index < -0.39 is 17.3 Å². The van der Waals surface area contributed by atoms with Crippen molar-refractivity contribution >= 4 is 16.9 Å². The summed E-state index contributed by atoms with van der Waals surface area (Å²) in [6, 6.07) is 9.73. The molecule has 0 aliphatic carbocycles. The number of nitrogens with zero attached hydrogens (tertiary/aromatic N) is 5. The third-order valence-electron chi connectivity index (χ3n) is 9.74. The minimum absolute atomic E-state index is 0.0197. The molecule has 1 amide bonds. The van der Waals surface area contributed by atoms with Crippen molar-refractivity contribution in [2.45, 2.75) is 50.6 Å². The number of carbonyl (C=O) groups excluding carboxylic acids is 1. The standard InChI is InChI=1S/C35H39F3N6O4/c1-3-23-18-44(31(45)13-22-4-5-24(28(12-22)35(36,37)38)17-43-10-8-42(2)9-11-43)19-25-14-26(16-40-32(23)25)48-29-6-7-39-33-27(29)15-30(41-33)34(46)20-47-21-34/h4-7,12,14-16,23,46H,3,8-11,13,17-21H2,1-2H3,(H,39,41)/t23-/m0/s1. The van der Waals surface area contributed by atoms with E-state index in [1.54, 1.807) is 29.4 Å². The molecule has 3 aromatic heterocycles. The molecule has 7 rings (SSSR count). The summed E-state index contributed by atoms with van der Waals surface area (Å²) in [5.74, 6) is 0.748. The average molecular weight is 665 g/mol. The molecule has 1 atom stereocenters. The topological polar surface area (TPSA) is 107 Å². The van der Waals surface area contributed by atoms with E-state index in [0.29, 0.717) is 53.4 Å². The molecule has 3 aliphatic rings. The highest BCUT2D eigenvalue weighted by molar-refractivity contribution is 5.84. The number of halogens is 3. The molecule has 0 spiro atoms. The SMILES string of the molecule is CC[C@H]1CN(C(=O)Cc2ccc(CN3CCN(C)CC3)c(C(F)(F)F)c2)Cc2cc(Oc3ccnc4[nH]c(C5(O)COC5)cc34)cnc21. The van der Waals surface area contributed by atoms with Gasteiger partial charge in [0.25, 0.3) is 0 Å². The van der Waals surface area contributed by atoms with Crippen molar-refractivity contribution in [3.05, 3.63) is 82.4 Å². The summed E-state index contributed by atoms with van der Waals surface area (Å²) >= 11 is 0. The Hall–Kier alpha value is -4.04. The van der Waals surface area contributed by atoms with Gasteiger partial charge in [0.15, 0.2) is 5.60 Å². The molecule has 0 saturated carbocycles. The van der Waals surface area contributed by atoms with Gasteiger partial charge >= 0.3 is 6.18 Å². The Morgan fingerprint density at radius 1 is 1.12 bits per heavy atom. The zero-order valence-electron chi connectivity index (χ0n) is 27.0. The number of aromatic amines is 1. The largest absolute Gasteiger partial charge is 0.455 e. The number of nitrogens with one attached hydrogen (secondary N) is 1. The smallest absolute Gasteiger partial charge is 0.416 e. The van der Waals surface area contributed by atoms with Crippen LogP contribution in [0.1, 0.15) is 52.9 Å². The van der Waals surface area contributed by atoms with Gasteiger partial charge < -0.3 is 29.4 Å². The van der Waals surface area contributed by atoms with Crippen molar-refractivity contribution in [2.75, 3.05) is 53.0 Å². The van der Waals surface area contributed by atoms with Crippen molar-refractivity contribution in [1.82, 2.24) is 29.7 Å². The molecule has 1 aromatic carbocycles. The molecule has 2 fully saturated rings. The lowest BCUT2D eigenvalue weighted by Gasteiger charge is -2.35. The van der Waals surface area contributed by atoms with Crippen molar-refractivity contribution in [3.63, 3.8) is 0 Å². The van der Waals surface area contributed by atoms with Crippen molar-refractivity contribution in [1.29, 1.82) is 0 Å². The second kappa shape index (κ2) is 12.8. The highest BCUT2D eigenvalue weighted by Gasteiger charge is 2.40. The molecule has 6 heterocycles. The lowest BCUT2D eigenvalue weighted by Crippen LogP contribution is -2.46. The molecule has 2 N–H and O–H groups in total. The second-order valence-corrected chi connectivity index (χ2v) is 13.2. The van der Waals surface area contributed by atoms with Crippen LogP contribution in [0.5, 0.6) is 11.5 Å². The number of amides is 1. The fourth-order valence-electron chi connectivity index (χ4n) is 6.77. The number of H-pyrrole nitrogens is 1. The Balaban J connectivity index is 1.08. The van der Waals surface area contributed by atoms with E-state index in [0.717, 1.165) is 36.8 Å². The minimum atomic E-state index is -4.52. The maximum absolute atomic E-state index is 14.2. The predicted octanol–water partition coefficient (Wildman–Crippen LogP) is 4.81. The van der Waals surface area contributed by atoms with Crippen LogP contribution in [0, 0.1) is 0 Å². The van der Waals surface area contributed by atoms with E-state index in [1.165, 1.54) is 6.07 Å². The number of piperazine rings is 1. The van der Waals surface area contributed by atoms with E-state index in [1.807, 2.05) is 31.0 Å². The summed E-state index contributed by atoms with van der Waals surface area (Å²) in [5.41, 5.74) is 1.70. The van der Waals surface area contributed by atoms with Gasteiger partial charge in [-0.05, 0) is 54.4 Å². The predicted molar refractivity (Wildman–Crippen MR) is 171 cm³/mol.